The first-order valence-corrected chi connectivity index (χ1v) is 5.93. The number of nitrogens with zero attached hydrogens (tertiary/aromatic N) is 1. The van der Waals surface area contributed by atoms with Gasteiger partial charge in [0.25, 0.3) is 0 Å². The molecule has 0 bridgehead atoms. The number of anilines is 2. The Morgan fingerprint density at radius 1 is 1.38 bits per heavy atom. The number of carbonyl (C=O) groups excluding carboxylic acids is 1. The van der Waals surface area contributed by atoms with Gasteiger partial charge >= 0.3 is 0 Å². The molecule has 0 unspecified atom stereocenters. The zero-order valence-electron chi connectivity index (χ0n) is 8.78. The Labute approximate surface area is 103 Å². The van der Waals surface area contributed by atoms with Crippen LogP contribution < -0.4 is 10.2 Å². The second-order valence-electron chi connectivity index (χ2n) is 3.53. The molecule has 1 aliphatic heterocycles. The highest BCUT2D eigenvalue weighted by atomic mass is 79.9. The standard InChI is InChI=1S/C11H13BrN2O2/c12-10-7-9(13-8-15)1-2-11(10)14-3-5-16-6-4-14/h1-2,7-8H,3-6H2,(H,13,15). The zero-order chi connectivity index (χ0) is 11.4. The van der Waals surface area contributed by atoms with Gasteiger partial charge in [0, 0.05) is 23.2 Å². The van der Waals surface area contributed by atoms with E-state index in [1.54, 1.807) is 0 Å². The molecule has 1 fully saturated rings. The number of benzene rings is 1. The van der Waals surface area contributed by atoms with Crippen molar-refractivity contribution in [1.29, 1.82) is 0 Å². The van der Waals surface area contributed by atoms with Crippen molar-refractivity contribution in [2.24, 2.45) is 0 Å². The first kappa shape index (κ1) is 11.4. The van der Waals surface area contributed by atoms with Crippen LogP contribution >= 0.6 is 15.9 Å². The number of hydrogen-bond donors (Lipinski definition) is 1. The minimum absolute atomic E-state index is 0.677. The molecule has 1 N–H and O–H groups in total. The largest absolute Gasteiger partial charge is 0.378 e. The van der Waals surface area contributed by atoms with Crippen LogP contribution in [-0.4, -0.2) is 32.7 Å². The summed E-state index contributed by atoms with van der Waals surface area (Å²) >= 11 is 3.51. The number of carbonyl (C=O) groups is 1. The van der Waals surface area contributed by atoms with E-state index in [1.807, 2.05) is 18.2 Å². The minimum atomic E-state index is 0.677. The average Bonchev–Trinajstić information content (AvgIpc) is 2.31. The lowest BCUT2D eigenvalue weighted by atomic mass is 10.2. The van der Waals surface area contributed by atoms with E-state index in [-0.39, 0.29) is 0 Å². The molecule has 4 nitrogen and oxygen atoms in total. The smallest absolute Gasteiger partial charge is 0.211 e. The molecular formula is C11H13BrN2O2. The highest BCUT2D eigenvalue weighted by Gasteiger charge is 2.13. The van der Waals surface area contributed by atoms with Gasteiger partial charge in [0.15, 0.2) is 0 Å². The monoisotopic (exact) mass is 284 g/mol. The summed E-state index contributed by atoms with van der Waals surface area (Å²) in [6.45, 7) is 3.33. The Morgan fingerprint density at radius 3 is 2.75 bits per heavy atom. The van der Waals surface area contributed by atoms with Gasteiger partial charge in [-0.15, -0.1) is 0 Å². The normalized spacial score (nSPS) is 15.9. The second kappa shape index (κ2) is 5.32. The van der Waals surface area contributed by atoms with Crippen LogP contribution in [0.15, 0.2) is 22.7 Å². The third kappa shape index (κ3) is 2.54. The predicted molar refractivity (Wildman–Crippen MR) is 66.9 cm³/mol. The van der Waals surface area contributed by atoms with Gasteiger partial charge in [0.05, 0.1) is 18.9 Å². The number of rotatable bonds is 3. The van der Waals surface area contributed by atoms with E-state index in [0.29, 0.717) is 6.41 Å². The molecule has 1 saturated heterocycles. The van der Waals surface area contributed by atoms with E-state index in [4.69, 9.17) is 4.74 Å². The molecule has 1 amide bonds. The Kier molecular flexibility index (Phi) is 3.79. The van der Waals surface area contributed by atoms with Gasteiger partial charge in [0.1, 0.15) is 0 Å². The fourth-order valence-electron chi connectivity index (χ4n) is 1.73. The minimum Gasteiger partial charge on any atom is -0.378 e. The molecule has 86 valence electrons. The van der Waals surface area contributed by atoms with Gasteiger partial charge < -0.3 is 15.0 Å². The van der Waals surface area contributed by atoms with Crippen LogP contribution in [0.1, 0.15) is 0 Å². The van der Waals surface area contributed by atoms with Crippen molar-refractivity contribution >= 4 is 33.7 Å². The van der Waals surface area contributed by atoms with Crippen LogP contribution in [0.2, 0.25) is 0 Å². The van der Waals surface area contributed by atoms with Crippen LogP contribution in [0, 0.1) is 0 Å². The quantitative estimate of drug-likeness (QED) is 0.862. The highest BCUT2D eigenvalue weighted by molar-refractivity contribution is 9.10. The zero-order valence-corrected chi connectivity index (χ0v) is 10.4. The molecule has 0 saturated carbocycles. The molecule has 0 atom stereocenters. The lowest BCUT2D eigenvalue weighted by molar-refractivity contribution is -0.105. The summed E-state index contributed by atoms with van der Waals surface area (Å²) in [6.07, 6.45) is 0.677. The van der Waals surface area contributed by atoms with Crippen molar-refractivity contribution in [3.8, 4) is 0 Å². The molecule has 0 aliphatic carbocycles. The first-order valence-electron chi connectivity index (χ1n) is 5.13. The highest BCUT2D eigenvalue weighted by Crippen LogP contribution is 2.29. The molecule has 0 spiro atoms. The van der Waals surface area contributed by atoms with Crippen molar-refractivity contribution in [2.45, 2.75) is 0 Å². The molecule has 2 rings (SSSR count). The number of amides is 1. The van der Waals surface area contributed by atoms with E-state index in [0.717, 1.165) is 42.2 Å². The molecule has 16 heavy (non-hydrogen) atoms. The van der Waals surface area contributed by atoms with Gasteiger partial charge in [-0.25, -0.2) is 0 Å². The number of hydrogen-bond acceptors (Lipinski definition) is 3. The van der Waals surface area contributed by atoms with Crippen molar-refractivity contribution in [2.75, 3.05) is 36.5 Å². The Hall–Kier alpha value is -1.07. The van der Waals surface area contributed by atoms with Gasteiger partial charge in [-0.2, -0.15) is 0 Å². The molecule has 0 aromatic heterocycles. The molecule has 5 heteroatoms. The van der Waals surface area contributed by atoms with Gasteiger partial charge in [-0.05, 0) is 34.1 Å². The SMILES string of the molecule is O=CNc1ccc(N2CCOCC2)c(Br)c1. The Bertz CT molecular complexity index is 378. The summed E-state index contributed by atoms with van der Waals surface area (Å²) in [6, 6.07) is 5.80. The Morgan fingerprint density at radius 2 is 2.12 bits per heavy atom. The maximum atomic E-state index is 10.3. The van der Waals surface area contributed by atoms with E-state index in [9.17, 15) is 4.79 Å². The molecule has 0 radical (unpaired) electrons. The summed E-state index contributed by atoms with van der Waals surface area (Å²) in [5.74, 6) is 0. The molecular weight excluding hydrogens is 272 g/mol. The van der Waals surface area contributed by atoms with Crippen molar-refractivity contribution in [1.82, 2.24) is 0 Å². The summed E-state index contributed by atoms with van der Waals surface area (Å²) < 4.78 is 6.29. The van der Waals surface area contributed by atoms with Crippen LogP contribution in [0.3, 0.4) is 0 Å². The van der Waals surface area contributed by atoms with Gasteiger partial charge in [-0.3, -0.25) is 4.79 Å². The van der Waals surface area contributed by atoms with Crippen molar-refractivity contribution in [3.63, 3.8) is 0 Å². The van der Waals surface area contributed by atoms with Gasteiger partial charge in [-0.1, -0.05) is 0 Å². The number of halogens is 1. The number of ether oxygens (including phenoxy) is 1. The van der Waals surface area contributed by atoms with E-state index >= 15 is 0 Å². The number of nitrogens with one attached hydrogen (secondary N) is 1. The third-order valence-corrected chi connectivity index (χ3v) is 3.16. The summed E-state index contributed by atoms with van der Waals surface area (Å²) in [4.78, 5) is 12.6. The maximum absolute atomic E-state index is 10.3. The van der Waals surface area contributed by atoms with E-state index in [2.05, 4.69) is 26.1 Å². The molecule has 1 aromatic carbocycles. The summed E-state index contributed by atoms with van der Waals surface area (Å²) in [5.41, 5.74) is 1.93. The van der Waals surface area contributed by atoms with E-state index < -0.39 is 0 Å². The fourth-order valence-corrected chi connectivity index (χ4v) is 2.35. The maximum Gasteiger partial charge on any atom is 0.211 e. The Balaban J connectivity index is 2.17. The van der Waals surface area contributed by atoms with Gasteiger partial charge in [0.2, 0.25) is 6.41 Å². The second-order valence-corrected chi connectivity index (χ2v) is 4.38. The topological polar surface area (TPSA) is 41.6 Å². The summed E-state index contributed by atoms with van der Waals surface area (Å²) in [5, 5.41) is 2.62. The lowest BCUT2D eigenvalue weighted by Crippen LogP contribution is -2.36. The first-order chi connectivity index (χ1) is 7.81. The van der Waals surface area contributed by atoms with Crippen molar-refractivity contribution < 1.29 is 9.53 Å². The van der Waals surface area contributed by atoms with Crippen molar-refractivity contribution in [3.05, 3.63) is 22.7 Å². The van der Waals surface area contributed by atoms with Crippen LogP contribution in [-0.2, 0) is 9.53 Å². The predicted octanol–water partition coefficient (Wildman–Crippen LogP) is 1.85. The van der Waals surface area contributed by atoms with Crippen LogP contribution in [0.5, 0.6) is 0 Å². The molecule has 1 aromatic rings. The van der Waals surface area contributed by atoms with Crippen LogP contribution in [0.25, 0.3) is 0 Å². The fraction of sp³-hybridized carbons (Fsp3) is 0.364. The molecule has 1 heterocycles. The average molecular weight is 285 g/mol. The summed E-state index contributed by atoms with van der Waals surface area (Å²) in [7, 11) is 0. The third-order valence-electron chi connectivity index (χ3n) is 2.53. The van der Waals surface area contributed by atoms with E-state index in [1.165, 1.54) is 0 Å². The lowest BCUT2D eigenvalue weighted by Gasteiger charge is -2.29. The molecule has 1 aliphatic rings. The van der Waals surface area contributed by atoms with Crippen LogP contribution in [0.4, 0.5) is 11.4 Å². The number of morpholine rings is 1.